The number of fused-ring (bicyclic) bond motifs is 1. The van der Waals surface area contributed by atoms with Gasteiger partial charge in [0.25, 0.3) is 5.91 Å². The third-order valence-corrected chi connectivity index (χ3v) is 4.27. The van der Waals surface area contributed by atoms with Gasteiger partial charge in [-0.05, 0) is 31.0 Å². The van der Waals surface area contributed by atoms with Gasteiger partial charge in [-0.3, -0.25) is 4.79 Å². The molecule has 6 heteroatoms. The predicted molar refractivity (Wildman–Crippen MR) is 78.9 cm³/mol. The van der Waals surface area contributed by atoms with Gasteiger partial charge < -0.3 is 10.0 Å². The molecule has 1 aliphatic rings. The number of benzene rings is 1. The number of aryl methyl sites for hydroxylation is 1. The number of hydrogen-bond acceptors (Lipinski definition) is 4. The Bertz CT molecular complexity index is 673. The van der Waals surface area contributed by atoms with Gasteiger partial charge in [0.1, 0.15) is 5.52 Å². The summed E-state index contributed by atoms with van der Waals surface area (Å²) in [5.74, 6) is -0.0946. The first-order chi connectivity index (χ1) is 9.98. The summed E-state index contributed by atoms with van der Waals surface area (Å²) < 4.78 is 1.68. The third-order valence-electron chi connectivity index (χ3n) is 4.27. The number of hydrogen-bond donors (Lipinski definition) is 1. The number of aliphatic hydroxyl groups is 1. The number of nitrogens with zero attached hydrogens (tertiary/aromatic N) is 4. The fourth-order valence-electron chi connectivity index (χ4n) is 3.10. The van der Waals surface area contributed by atoms with Gasteiger partial charge in [-0.2, -0.15) is 0 Å². The standard InChI is InChI=1S/C15H20N4O2/c1-18(10-15(21)7-3-4-8-15)14(20)11-5-6-13-12(9-11)16-17-19(13)2/h5-6,9,21H,3-4,7-8,10H2,1-2H3. The molecule has 0 radical (unpaired) electrons. The molecule has 0 atom stereocenters. The Labute approximate surface area is 123 Å². The maximum Gasteiger partial charge on any atom is 0.253 e. The van der Waals surface area contributed by atoms with E-state index >= 15 is 0 Å². The summed E-state index contributed by atoms with van der Waals surface area (Å²) in [7, 11) is 3.55. The molecule has 1 fully saturated rings. The van der Waals surface area contributed by atoms with Crippen LogP contribution >= 0.6 is 0 Å². The zero-order valence-corrected chi connectivity index (χ0v) is 12.4. The Hall–Kier alpha value is -1.95. The molecule has 0 unspecified atom stereocenters. The second kappa shape index (κ2) is 5.11. The molecule has 1 saturated carbocycles. The Morgan fingerprint density at radius 3 is 2.86 bits per heavy atom. The van der Waals surface area contributed by atoms with Crippen molar-refractivity contribution < 1.29 is 9.90 Å². The van der Waals surface area contributed by atoms with Crippen molar-refractivity contribution in [1.82, 2.24) is 19.9 Å². The highest BCUT2D eigenvalue weighted by Crippen LogP contribution is 2.30. The minimum absolute atomic E-state index is 0.0946. The Balaban J connectivity index is 1.79. The summed E-state index contributed by atoms with van der Waals surface area (Å²) >= 11 is 0. The van der Waals surface area contributed by atoms with Gasteiger partial charge >= 0.3 is 0 Å². The normalized spacial score (nSPS) is 17.3. The monoisotopic (exact) mass is 288 g/mol. The third kappa shape index (κ3) is 2.63. The van der Waals surface area contributed by atoms with Crippen molar-refractivity contribution in [2.24, 2.45) is 7.05 Å². The van der Waals surface area contributed by atoms with E-state index < -0.39 is 5.60 Å². The van der Waals surface area contributed by atoms with Crippen molar-refractivity contribution >= 4 is 16.9 Å². The molecular weight excluding hydrogens is 268 g/mol. The van der Waals surface area contributed by atoms with Gasteiger partial charge in [-0.25, -0.2) is 4.68 Å². The molecule has 0 bridgehead atoms. The largest absolute Gasteiger partial charge is 0.388 e. The molecule has 0 spiro atoms. The topological polar surface area (TPSA) is 71.2 Å². The van der Waals surface area contributed by atoms with Crippen LogP contribution in [0.1, 0.15) is 36.0 Å². The molecule has 2 aromatic rings. The molecule has 1 aromatic heterocycles. The fourth-order valence-corrected chi connectivity index (χ4v) is 3.10. The highest BCUT2D eigenvalue weighted by molar-refractivity contribution is 5.97. The minimum atomic E-state index is -0.721. The Kier molecular flexibility index (Phi) is 3.41. The van der Waals surface area contributed by atoms with E-state index in [4.69, 9.17) is 0 Å². The highest BCUT2D eigenvalue weighted by Gasteiger charge is 2.33. The molecule has 1 heterocycles. The molecule has 0 saturated heterocycles. The lowest BCUT2D eigenvalue weighted by Crippen LogP contribution is -2.42. The van der Waals surface area contributed by atoms with E-state index in [0.29, 0.717) is 17.6 Å². The van der Waals surface area contributed by atoms with Crippen molar-refractivity contribution in [1.29, 1.82) is 0 Å². The number of rotatable bonds is 3. The molecule has 112 valence electrons. The zero-order chi connectivity index (χ0) is 15.0. The Morgan fingerprint density at radius 2 is 2.14 bits per heavy atom. The lowest BCUT2D eigenvalue weighted by molar-refractivity contribution is 0.0157. The maximum atomic E-state index is 12.5. The van der Waals surface area contributed by atoms with E-state index in [0.717, 1.165) is 31.2 Å². The number of carbonyl (C=O) groups excluding carboxylic acids is 1. The van der Waals surface area contributed by atoms with Crippen LogP contribution in [-0.4, -0.2) is 50.1 Å². The predicted octanol–water partition coefficient (Wildman–Crippen LogP) is 1.35. The molecule has 1 N–H and O–H groups in total. The fraction of sp³-hybridized carbons (Fsp3) is 0.533. The summed E-state index contributed by atoms with van der Waals surface area (Å²) in [6.45, 7) is 0.379. The number of likely N-dealkylation sites (N-methyl/N-ethyl adjacent to an activating group) is 1. The highest BCUT2D eigenvalue weighted by atomic mass is 16.3. The first-order valence-electron chi connectivity index (χ1n) is 7.26. The van der Waals surface area contributed by atoms with Crippen LogP contribution in [0.4, 0.5) is 0 Å². The summed E-state index contributed by atoms with van der Waals surface area (Å²) in [5, 5.41) is 18.4. The van der Waals surface area contributed by atoms with Crippen molar-refractivity contribution in [3.05, 3.63) is 23.8 Å². The van der Waals surface area contributed by atoms with Crippen molar-refractivity contribution in [3.8, 4) is 0 Å². The van der Waals surface area contributed by atoms with Crippen LogP contribution in [0.15, 0.2) is 18.2 Å². The summed E-state index contributed by atoms with van der Waals surface area (Å²) in [5.41, 5.74) is 1.45. The average Bonchev–Trinajstić information content (AvgIpc) is 3.04. The number of amides is 1. The molecule has 1 aliphatic carbocycles. The maximum absolute atomic E-state index is 12.5. The Morgan fingerprint density at radius 1 is 1.43 bits per heavy atom. The van der Waals surface area contributed by atoms with Gasteiger partial charge in [0.2, 0.25) is 0 Å². The van der Waals surface area contributed by atoms with E-state index in [9.17, 15) is 9.90 Å². The van der Waals surface area contributed by atoms with Crippen LogP contribution in [0, 0.1) is 0 Å². The van der Waals surface area contributed by atoms with E-state index in [-0.39, 0.29) is 5.91 Å². The van der Waals surface area contributed by atoms with Gasteiger partial charge in [0.15, 0.2) is 0 Å². The average molecular weight is 288 g/mol. The SMILES string of the molecule is CN(CC1(O)CCCC1)C(=O)c1ccc2c(c1)nnn2C. The molecule has 3 rings (SSSR count). The smallest absolute Gasteiger partial charge is 0.253 e. The first kappa shape index (κ1) is 14.0. The van der Waals surface area contributed by atoms with E-state index in [1.165, 1.54) is 0 Å². The van der Waals surface area contributed by atoms with Gasteiger partial charge in [-0.15, -0.1) is 5.10 Å². The molecule has 1 aromatic carbocycles. The molecule has 1 amide bonds. The van der Waals surface area contributed by atoms with Gasteiger partial charge in [-0.1, -0.05) is 18.1 Å². The zero-order valence-electron chi connectivity index (χ0n) is 12.4. The van der Waals surface area contributed by atoms with Crippen LogP contribution in [0.25, 0.3) is 11.0 Å². The van der Waals surface area contributed by atoms with Crippen LogP contribution in [0.2, 0.25) is 0 Å². The van der Waals surface area contributed by atoms with Crippen molar-refractivity contribution in [2.45, 2.75) is 31.3 Å². The van der Waals surface area contributed by atoms with Crippen LogP contribution < -0.4 is 0 Å². The van der Waals surface area contributed by atoms with Crippen LogP contribution in [-0.2, 0) is 7.05 Å². The lowest BCUT2D eigenvalue weighted by Gasteiger charge is -2.28. The molecular formula is C15H20N4O2. The van der Waals surface area contributed by atoms with Crippen molar-refractivity contribution in [2.75, 3.05) is 13.6 Å². The molecule has 6 nitrogen and oxygen atoms in total. The lowest BCUT2D eigenvalue weighted by atomic mass is 10.0. The van der Waals surface area contributed by atoms with Crippen LogP contribution in [0.3, 0.4) is 0 Å². The number of aromatic nitrogens is 3. The molecule has 21 heavy (non-hydrogen) atoms. The van der Waals surface area contributed by atoms with E-state index in [2.05, 4.69) is 10.3 Å². The first-order valence-corrected chi connectivity index (χ1v) is 7.26. The van der Waals surface area contributed by atoms with Crippen molar-refractivity contribution in [3.63, 3.8) is 0 Å². The van der Waals surface area contributed by atoms with Crippen LogP contribution in [0.5, 0.6) is 0 Å². The molecule has 0 aliphatic heterocycles. The summed E-state index contributed by atoms with van der Waals surface area (Å²) in [4.78, 5) is 14.1. The van der Waals surface area contributed by atoms with E-state index in [1.54, 1.807) is 28.8 Å². The summed E-state index contributed by atoms with van der Waals surface area (Å²) in [6.07, 6.45) is 3.61. The quantitative estimate of drug-likeness (QED) is 0.925. The van der Waals surface area contributed by atoms with Gasteiger partial charge in [0.05, 0.1) is 11.1 Å². The second-order valence-corrected chi connectivity index (χ2v) is 6.01. The van der Waals surface area contributed by atoms with E-state index in [1.807, 2.05) is 13.1 Å². The summed E-state index contributed by atoms with van der Waals surface area (Å²) in [6, 6.07) is 5.38. The second-order valence-electron chi connectivity index (χ2n) is 6.01. The minimum Gasteiger partial charge on any atom is -0.388 e. The number of carbonyl (C=O) groups is 1. The van der Waals surface area contributed by atoms with Gasteiger partial charge in [0, 0.05) is 26.2 Å².